The summed E-state index contributed by atoms with van der Waals surface area (Å²) in [4.78, 5) is 0. The van der Waals surface area contributed by atoms with Crippen molar-refractivity contribution < 1.29 is 0 Å². The topological polar surface area (TPSA) is 49.8 Å². The Kier molecular flexibility index (Phi) is 4.61. The molecule has 126 valence electrons. The van der Waals surface area contributed by atoms with Crippen LogP contribution >= 0.6 is 23.2 Å². The highest BCUT2D eigenvalue weighted by Gasteiger charge is 2.20. The highest BCUT2D eigenvalue weighted by Crippen LogP contribution is 2.36. The Balaban J connectivity index is 1.83. The molecule has 1 saturated carbocycles. The number of benzene rings is 1. The van der Waals surface area contributed by atoms with Crippen molar-refractivity contribution in [2.75, 3.05) is 18.4 Å². The lowest BCUT2D eigenvalue weighted by Crippen LogP contribution is -2.21. The largest absolute Gasteiger partial charge is 0.365 e. The van der Waals surface area contributed by atoms with Crippen molar-refractivity contribution in [2.24, 2.45) is 0 Å². The zero-order chi connectivity index (χ0) is 16.5. The fourth-order valence-corrected chi connectivity index (χ4v) is 3.92. The molecule has 1 aliphatic carbocycles. The van der Waals surface area contributed by atoms with Gasteiger partial charge in [-0.1, -0.05) is 42.1 Å². The van der Waals surface area contributed by atoms with Crippen molar-refractivity contribution in [3.05, 3.63) is 33.9 Å². The van der Waals surface area contributed by atoms with Crippen LogP contribution in [0.4, 0.5) is 5.82 Å². The predicted molar refractivity (Wildman–Crippen MR) is 101 cm³/mol. The summed E-state index contributed by atoms with van der Waals surface area (Å²) < 4.78 is 0. The Morgan fingerprint density at radius 2 is 1.79 bits per heavy atom. The van der Waals surface area contributed by atoms with E-state index < -0.39 is 0 Å². The van der Waals surface area contributed by atoms with Crippen LogP contribution in [0.2, 0.25) is 10.0 Å². The molecule has 0 saturated heterocycles. The standard InChI is InChI=1S/C18H20Cl2N4/c19-15-9-13-14(10-16(15)20)18(22-12-3-1-2-4-12)24-23-17(13)11-5-7-21-8-6-11/h5,9-10,12,21H,1-4,6-8H2,(H,22,24). The molecule has 2 heterocycles. The third kappa shape index (κ3) is 3.10. The van der Waals surface area contributed by atoms with Gasteiger partial charge in [-0.15, -0.1) is 10.2 Å². The SMILES string of the molecule is Clc1cc2c(NC3CCCC3)nnc(C3=CCNCC3)c2cc1Cl. The van der Waals surface area contributed by atoms with Crippen molar-refractivity contribution in [1.82, 2.24) is 15.5 Å². The number of aromatic nitrogens is 2. The number of hydrogen-bond donors (Lipinski definition) is 2. The number of halogens is 2. The van der Waals surface area contributed by atoms with E-state index in [1.54, 1.807) is 0 Å². The summed E-state index contributed by atoms with van der Waals surface area (Å²) in [6, 6.07) is 4.31. The lowest BCUT2D eigenvalue weighted by Gasteiger charge is -2.18. The van der Waals surface area contributed by atoms with E-state index in [2.05, 4.69) is 26.9 Å². The Bertz CT molecular complexity index is 797. The summed E-state index contributed by atoms with van der Waals surface area (Å²) in [6.45, 7) is 1.82. The molecule has 0 spiro atoms. The summed E-state index contributed by atoms with van der Waals surface area (Å²) in [5.41, 5.74) is 2.14. The Morgan fingerprint density at radius 1 is 1.04 bits per heavy atom. The zero-order valence-corrected chi connectivity index (χ0v) is 14.9. The molecule has 2 N–H and O–H groups in total. The molecule has 4 rings (SSSR count). The van der Waals surface area contributed by atoms with Crippen molar-refractivity contribution in [2.45, 2.75) is 38.1 Å². The lowest BCUT2D eigenvalue weighted by atomic mass is 10.0. The van der Waals surface area contributed by atoms with Crippen molar-refractivity contribution in [1.29, 1.82) is 0 Å². The van der Waals surface area contributed by atoms with E-state index in [9.17, 15) is 0 Å². The number of rotatable bonds is 3. The molecule has 2 aromatic rings. The molecule has 0 radical (unpaired) electrons. The molecule has 0 unspecified atom stereocenters. The molecule has 4 nitrogen and oxygen atoms in total. The van der Waals surface area contributed by atoms with Gasteiger partial charge in [-0.2, -0.15) is 0 Å². The van der Waals surface area contributed by atoms with Gasteiger partial charge in [0.2, 0.25) is 0 Å². The van der Waals surface area contributed by atoms with Crippen LogP contribution in [0.1, 0.15) is 37.8 Å². The Morgan fingerprint density at radius 3 is 2.50 bits per heavy atom. The van der Waals surface area contributed by atoms with Gasteiger partial charge in [-0.3, -0.25) is 0 Å². The quantitative estimate of drug-likeness (QED) is 0.832. The van der Waals surface area contributed by atoms with Crippen LogP contribution in [0, 0.1) is 0 Å². The first-order valence-electron chi connectivity index (χ1n) is 8.54. The monoisotopic (exact) mass is 362 g/mol. The fraction of sp³-hybridized carbons (Fsp3) is 0.444. The number of nitrogens with one attached hydrogen (secondary N) is 2. The third-order valence-electron chi connectivity index (χ3n) is 4.88. The first-order chi connectivity index (χ1) is 11.7. The highest BCUT2D eigenvalue weighted by molar-refractivity contribution is 6.43. The fourth-order valence-electron chi connectivity index (χ4n) is 3.59. The van der Waals surface area contributed by atoms with E-state index in [0.29, 0.717) is 16.1 Å². The minimum absolute atomic E-state index is 0.473. The van der Waals surface area contributed by atoms with Gasteiger partial charge in [0.1, 0.15) is 0 Å². The van der Waals surface area contributed by atoms with Crippen LogP contribution in [0.3, 0.4) is 0 Å². The summed E-state index contributed by atoms with van der Waals surface area (Å²) >= 11 is 12.6. The summed E-state index contributed by atoms with van der Waals surface area (Å²) in [5.74, 6) is 0.814. The number of anilines is 1. The number of nitrogens with zero attached hydrogens (tertiary/aromatic N) is 2. The lowest BCUT2D eigenvalue weighted by molar-refractivity contribution is 0.734. The van der Waals surface area contributed by atoms with Crippen molar-refractivity contribution in [3.63, 3.8) is 0 Å². The van der Waals surface area contributed by atoms with Crippen molar-refractivity contribution in [3.8, 4) is 0 Å². The second kappa shape index (κ2) is 6.87. The highest BCUT2D eigenvalue weighted by atomic mass is 35.5. The van der Waals surface area contributed by atoms with E-state index in [1.165, 1.54) is 31.3 Å². The number of fused-ring (bicyclic) bond motifs is 1. The van der Waals surface area contributed by atoms with Gasteiger partial charge in [-0.25, -0.2) is 0 Å². The molecule has 0 atom stereocenters. The van der Waals surface area contributed by atoms with Crippen molar-refractivity contribution >= 4 is 45.4 Å². The summed E-state index contributed by atoms with van der Waals surface area (Å²) in [7, 11) is 0. The second-order valence-corrected chi connectivity index (χ2v) is 7.33. The normalized spacial score (nSPS) is 18.8. The molecule has 2 aliphatic rings. The average molecular weight is 363 g/mol. The van der Waals surface area contributed by atoms with Gasteiger partial charge in [0.05, 0.1) is 15.7 Å². The Hall–Kier alpha value is -1.36. The maximum Gasteiger partial charge on any atom is 0.156 e. The van der Waals surface area contributed by atoms with Crippen LogP contribution in [0.15, 0.2) is 18.2 Å². The van der Waals surface area contributed by atoms with E-state index in [-0.39, 0.29) is 0 Å². The smallest absolute Gasteiger partial charge is 0.156 e. The minimum atomic E-state index is 0.473. The first kappa shape index (κ1) is 16.1. The van der Waals surface area contributed by atoms with Gasteiger partial charge >= 0.3 is 0 Å². The van der Waals surface area contributed by atoms with Crippen LogP contribution in [0.5, 0.6) is 0 Å². The maximum atomic E-state index is 6.29. The van der Waals surface area contributed by atoms with Crippen LogP contribution in [-0.2, 0) is 0 Å². The number of hydrogen-bond acceptors (Lipinski definition) is 4. The van der Waals surface area contributed by atoms with E-state index in [0.717, 1.165) is 41.8 Å². The molecular formula is C18H20Cl2N4. The molecule has 6 heteroatoms. The maximum absolute atomic E-state index is 6.29. The van der Waals surface area contributed by atoms with Gasteiger partial charge in [0, 0.05) is 23.4 Å². The Labute approximate surface area is 151 Å². The van der Waals surface area contributed by atoms with Gasteiger partial charge in [0.25, 0.3) is 0 Å². The van der Waals surface area contributed by atoms with Crippen LogP contribution in [-0.4, -0.2) is 29.3 Å². The van der Waals surface area contributed by atoms with Gasteiger partial charge < -0.3 is 10.6 Å². The zero-order valence-electron chi connectivity index (χ0n) is 13.4. The molecule has 1 aromatic carbocycles. The third-order valence-corrected chi connectivity index (χ3v) is 5.61. The van der Waals surface area contributed by atoms with Crippen LogP contribution in [0.25, 0.3) is 16.3 Å². The van der Waals surface area contributed by atoms with E-state index in [4.69, 9.17) is 23.2 Å². The van der Waals surface area contributed by atoms with Gasteiger partial charge in [-0.05, 0) is 43.5 Å². The first-order valence-corrected chi connectivity index (χ1v) is 9.30. The molecule has 1 aliphatic heterocycles. The van der Waals surface area contributed by atoms with E-state index in [1.807, 2.05) is 12.1 Å². The van der Waals surface area contributed by atoms with Gasteiger partial charge in [0.15, 0.2) is 5.82 Å². The summed E-state index contributed by atoms with van der Waals surface area (Å²) in [6.07, 6.45) is 8.03. The molecule has 1 fully saturated rings. The van der Waals surface area contributed by atoms with E-state index >= 15 is 0 Å². The van der Waals surface area contributed by atoms with Crippen LogP contribution < -0.4 is 10.6 Å². The molecule has 24 heavy (non-hydrogen) atoms. The molecule has 0 bridgehead atoms. The molecule has 0 amide bonds. The molecular weight excluding hydrogens is 343 g/mol. The summed E-state index contributed by atoms with van der Waals surface area (Å²) in [5, 5.41) is 19.0. The predicted octanol–water partition coefficient (Wildman–Crippen LogP) is 4.67. The minimum Gasteiger partial charge on any atom is -0.365 e. The second-order valence-electron chi connectivity index (χ2n) is 6.52. The average Bonchev–Trinajstić information content (AvgIpc) is 3.10. The molecule has 1 aromatic heterocycles.